The summed E-state index contributed by atoms with van der Waals surface area (Å²) in [5.41, 5.74) is 10.2. The molecule has 0 fully saturated rings. The molecule has 0 saturated heterocycles. The van der Waals surface area contributed by atoms with Gasteiger partial charge >= 0.3 is 0 Å². The van der Waals surface area contributed by atoms with Crippen LogP contribution in [0.3, 0.4) is 0 Å². The average molecular weight is 315 g/mol. The molecule has 0 spiro atoms. The van der Waals surface area contributed by atoms with E-state index in [4.69, 9.17) is 40.5 Å². The Labute approximate surface area is 128 Å². The summed E-state index contributed by atoms with van der Waals surface area (Å²) in [5.74, 6) is 0. The average Bonchev–Trinajstić information content (AvgIpc) is 2.36. The van der Waals surface area contributed by atoms with Crippen molar-refractivity contribution in [1.82, 2.24) is 0 Å². The zero-order valence-corrected chi connectivity index (χ0v) is 12.9. The van der Waals surface area contributed by atoms with Crippen LogP contribution >= 0.6 is 34.8 Å². The molecule has 100 valence electrons. The second-order valence-corrected chi connectivity index (χ2v) is 5.85. The Morgan fingerprint density at radius 2 is 1.53 bits per heavy atom. The zero-order valence-electron chi connectivity index (χ0n) is 10.7. The van der Waals surface area contributed by atoms with Crippen molar-refractivity contribution in [3.05, 3.63) is 67.7 Å². The standard InChI is InChI=1S/C15H14Cl3N/c1-8-6-14(18)9(2)5-11(8)15(19)12-7-10(16)3-4-13(12)17/h3-7,15H,19H2,1-2H3. The van der Waals surface area contributed by atoms with E-state index in [1.807, 2.05) is 26.0 Å². The van der Waals surface area contributed by atoms with Crippen LogP contribution in [0.4, 0.5) is 0 Å². The van der Waals surface area contributed by atoms with Gasteiger partial charge in [0.15, 0.2) is 0 Å². The van der Waals surface area contributed by atoms with Gasteiger partial charge in [-0.25, -0.2) is 0 Å². The number of halogens is 3. The number of hydrogen-bond donors (Lipinski definition) is 1. The first-order valence-electron chi connectivity index (χ1n) is 5.87. The molecule has 2 N–H and O–H groups in total. The van der Waals surface area contributed by atoms with Crippen LogP contribution in [0.5, 0.6) is 0 Å². The van der Waals surface area contributed by atoms with Gasteiger partial charge in [0.25, 0.3) is 0 Å². The highest BCUT2D eigenvalue weighted by atomic mass is 35.5. The summed E-state index contributed by atoms with van der Waals surface area (Å²) in [5, 5.41) is 1.98. The van der Waals surface area contributed by atoms with Gasteiger partial charge in [0.05, 0.1) is 6.04 Å². The molecular weight excluding hydrogens is 301 g/mol. The highest BCUT2D eigenvalue weighted by molar-refractivity contribution is 6.33. The first kappa shape index (κ1) is 14.7. The molecule has 1 nitrogen and oxygen atoms in total. The number of aryl methyl sites for hydroxylation is 2. The number of rotatable bonds is 2. The van der Waals surface area contributed by atoms with Crippen LogP contribution in [0.1, 0.15) is 28.3 Å². The molecule has 0 aromatic heterocycles. The monoisotopic (exact) mass is 313 g/mol. The fraction of sp³-hybridized carbons (Fsp3) is 0.200. The maximum atomic E-state index is 6.32. The van der Waals surface area contributed by atoms with Crippen LogP contribution in [0.25, 0.3) is 0 Å². The lowest BCUT2D eigenvalue weighted by Gasteiger charge is -2.18. The second kappa shape index (κ2) is 5.72. The first-order valence-corrected chi connectivity index (χ1v) is 7.00. The van der Waals surface area contributed by atoms with Gasteiger partial charge in [0.2, 0.25) is 0 Å². The Bertz CT molecular complexity index is 623. The predicted octanol–water partition coefficient (Wildman–Crippen LogP) is 5.31. The fourth-order valence-electron chi connectivity index (χ4n) is 2.06. The van der Waals surface area contributed by atoms with Crippen molar-refractivity contribution < 1.29 is 0 Å². The van der Waals surface area contributed by atoms with E-state index in [1.165, 1.54) is 0 Å². The Kier molecular flexibility index (Phi) is 4.42. The number of hydrogen-bond acceptors (Lipinski definition) is 1. The van der Waals surface area contributed by atoms with Gasteiger partial charge in [-0.15, -0.1) is 0 Å². The minimum absolute atomic E-state index is 0.317. The van der Waals surface area contributed by atoms with Crippen molar-refractivity contribution in [1.29, 1.82) is 0 Å². The summed E-state index contributed by atoms with van der Waals surface area (Å²) < 4.78 is 0. The van der Waals surface area contributed by atoms with Gasteiger partial charge in [-0.2, -0.15) is 0 Å². The lowest BCUT2D eigenvalue weighted by atomic mass is 9.94. The van der Waals surface area contributed by atoms with Crippen molar-refractivity contribution >= 4 is 34.8 Å². The Balaban J connectivity index is 2.52. The minimum Gasteiger partial charge on any atom is -0.320 e. The van der Waals surface area contributed by atoms with Crippen LogP contribution in [0.2, 0.25) is 15.1 Å². The highest BCUT2D eigenvalue weighted by Gasteiger charge is 2.16. The highest BCUT2D eigenvalue weighted by Crippen LogP contribution is 2.32. The Hall–Kier alpha value is -0.730. The molecule has 0 aliphatic rings. The quantitative estimate of drug-likeness (QED) is 0.798. The van der Waals surface area contributed by atoms with E-state index in [0.29, 0.717) is 10.0 Å². The second-order valence-electron chi connectivity index (χ2n) is 4.60. The minimum atomic E-state index is -0.317. The Morgan fingerprint density at radius 3 is 2.21 bits per heavy atom. The molecular formula is C15H14Cl3N. The van der Waals surface area contributed by atoms with Crippen molar-refractivity contribution in [2.75, 3.05) is 0 Å². The van der Waals surface area contributed by atoms with Gasteiger partial charge in [-0.1, -0.05) is 40.9 Å². The number of nitrogens with two attached hydrogens (primary N) is 1. The largest absolute Gasteiger partial charge is 0.320 e. The van der Waals surface area contributed by atoms with E-state index >= 15 is 0 Å². The molecule has 0 radical (unpaired) electrons. The normalized spacial score (nSPS) is 12.5. The van der Waals surface area contributed by atoms with Crippen molar-refractivity contribution in [3.63, 3.8) is 0 Å². The van der Waals surface area contributed by atoms with Crippen molar-refractivity contribution in [2.24, 2.45) is 5.73 Å². The summed E-state index contributed by atoms with van der Waals surface area (Å²) in [6.45, 7) is 3.94. The third kappa shape index (κ3) is 3.06. The van der Waals surface area contributed by atoms with Gasteiger partial charge in [0.1, 0.15) is 0 Å². The van der Waals surface area contributed by atoms with E-state index < -0.39 is 0 Å². The van der Waals surface area contributed by atoms with E-state index in [2.05, 4.69) is 0 Å². The third-order valence-electron chi connectivity index (χ3n) is 3.18. The topological polar surface area (TPSA) is 26.0 Å². The van der Waals surface area contributed by atoms with E-state index in [9.17, 15) is 0 Å². The van der Waals surface area contributed by atoms with Gasteiger partial charge in [0, 0.05) is 15.1 Å². The fourth-order valence-corrected chi connectivity index (χ4v) is 2.69. The van der Waals surface area contributed by atoms with Gasteiger partial charge in [-0.3, -0.25) is 0 Å². The van der Waals surface area contributed by atoms with E-state index in [0.717, 1.165) is 27.3 Å². The third-order valence-corrected chi connectivity index (χ3v) is 4.16. The van der Waals surface area contributed by atoms with Crippen molar-refractivity contribution in [2.45, 2.75) is 19.9 Å². The molecule has 0 heterocycles. The summed E-state index contributed by atoms with van der Waals surface area (Å²) in [4.78, 5) is 0. The lowest BCUT2D eigenvalue weighted by molar-refractivity contribution is 0.860. The van der Waals surface area contributed by atoms with Crippen LogP contribution in [0.15, 0.2) is 30.3 Å². The summed E-state index contributed by atoms with van der Waals surface area (Å²) >= 11 is 18.3. The van der Waals surface area contributed by atoms with Crippen LogP contribution in [-0.2, 0) is 0 Å². The van der Waals surface area contributed by atoms with Gasteiger partial charge in [-0.05, 0) is 60.4 Å². The molecule has 1 atom stereocenters. The maximum absolute atomic E-state index is 6.32. The zero-order chi connectivity index (χ0) is 14.2. The van der Waals surface area contributed by atoms with E-state index in [1.54, 1.807) is 18.2 Å². The van der Waals surface area contributed by atoms with Crippen LogP contribution < -0.4 is 5.73 Å². The molecule has 0 aliphatic carbocycles. The summed E-state index contributed by atoms with van der Waals surface area (Å²) in [7, 11) is 0. The van der Waals surface area contributed by atoms with Crippen LogP contribution in [-0.4, -0.2) is 0 Å². The molecule has 0 amide bonds. The first-order chi connectivity index (χ1) is 8.90. The maximum Gasteiger partial charge on any atom is 0.0569 e. The Morgan fingerprint density at radius 1 is 0.842 bits per heavy atom. The molecule has 1 unspecified atom stereocenters. The summed E-state index contributed by atoms with van der Waals surface area (Å²) in [6.07, 6.45) is 0. The van der Waals surface area contributed by atoms with Crippen molar-refractivity contribution in [3.8, 4) is 0 Å². The predicted molar refractivity (Wildman–Crippen MR) is 83.4 cm³/mol. The SMILES string of the molecule is Cc1cc(C(N)c2cc(Cl)ccc2Cl)c(C)cc1Cl. The molecule has 0 bridgehead atoms. The van der Waals surface area contributed by atoms with Crippen LogP contribution in [0, 0.1) is 13.8 Å². The molecule has 2 aromatic rings. The molecule has 2 aromatic carbocycles. The lowest BCUT2D eigenvalue weighted by Crippen LogP contribution is -2.14. The molecule has 4 heteroatoms. The number of benzene rings is 2. The molecule has 2 rings (SSSR count). The summed E-state index contributed by atoms with van der Waals surface area (Å²) in [6, 6.07) is 8.92. The van der Waals surface area contributed by atoms with E-state index in [-0.39, 0.29) is 6.04 Å². The molecule has 0 saturated carbocycles. The molecule has 19 heavy (non-hydrogen) atoms. The smallest absolute Gasteiger partial charge is 0.0569 e. The van der Waals surface area contributed by atoms with Gasteiger partial charge < -0.3 is 5.73 Å². The molecule has 0 aliphatic heterocycles.